The maximum atomic E-state index is 13.8. The summed E-state index contributed by atoms with van der Waals surface area (Å²) in [4.78, 5) is 0. The fourth-order valence-electron chi connectivity index (χ4n) is 1.77. The zero-order valence-electron chi connectivity index (χ0n) is 9.32. The number of nitrogens with zero attached hydrogens (tertiary/aromatic N) is 1. The zero-order chi connectivity index (χ0) is 11.4. The van der Waals surface area contributed by atoms with Crippen LogP contribution < -0.4 is 5.32 Å². The number of hydrogen-bond acceptors (Lipinski definition) is 2. The number of nitrogens with one attached hydrogen (secondary N) is 1. The topological polar surface area (TPSA) is 35.8 Å². The molecule has 1 aromatic rings. The van der Waals surface area contributed by atoms with Gasteiger partial charge in [-0.2, -0.15) is 5.26 Å². The molecule has 0 spiro atoms. The number of benzene rings is 1. The third-order valence-electron chi connectivity index (χ3n) is 2.53. The molecule has 0 bridgehead atoms. The predicted molar refractivity (Wildman–Crippen MR) is 58.0 cm³/mol. The van der Waals surface area contributed by atoms with E-state index in [9.17, 15) is 4.39 Å². The van der Waals surface area contributed by atoms with E-state index in [2.05, 4.69) is 5.32 Å². The van der Waals surface area contributed by atoms with Crippen molar-refractivity contribution in [1.82, 2.24) is 5.32 Å². The molecule has 3 heteroatoms. The van der Waals surface area contributed by atoms with Crippen molar-refractivity contribution in [3.05, 3.63) is 34.1 Å². The van der Waals surface area contributed by atoms with Gasteiger partial charge in [0.05, 0.1) is 5.56 Å². The second-order valence-corrected chi connectivity index (χ2v) is 3.51. The maximum absolute atomic E-state index is 13.8. The summed E-state index contributed by atoms with van der Waals surface area (Å²) in [5.74, 6) is -0.365. The van der Waals surface area contributed by atoms with E-state index in [0.717, 1.165) is 11.1 Å². The SMILES string of the molecule is CCc1c(F)c(C#N)cc(C)c1CNC. The Kier molecular flexibility index (Phi) is 3.81. The van der Waals surface area contributed by atoms with Crippen LogP contribution in [-0.2, 0) is 13.0 Å². The van der Waals surface area contributed by atoms with E-state index < -0.39 is 0 Å². The molecule has 1 aromatic carbocycles. The van der Waals surface area contributed by atoms with Crippen molar-refractivity contribution in [3.8, 4) is 6.07 Å². The number of rotatable bonds is 3. The normalized spacial score (nSPS) is 10.1. The number of aryl methyl sites for hydroxylation is 1. The van der Waals surface area contributed by atoms with E-state index in [1.807, 2.05) is 27.0 Å². The molecule has 0 radical (unpaired) electrons. The van der Waals surface area contributed by atoms with Gasteiger partial charge in [0.25, 0.3) is 0 Å². The van der Waals surface area contributed by atoms with Gasteiger partial charge in [0, 0.05) is 6.54 Å². The summed E-state index contributed by atoms with van der Waals surface area (Å²) in [7, 11) is 1.83. The molecule has 0 aromatic heterocycles. The van der Waals surface area contributed by atoms with Crippen molar-refractivity contribution >= 4 is 0 Å². The Hall–Kier alpha value is -1.40. The molecule has 0 aliphatic heterocycles. The summed E-state index contributed by atoms with van der Waals surface area (Å²) in [5.41, 5.74) is 2.74. The summed E-state index contributed by atoms with van der Waals surface area (Å²) >= 11 is 0. The summed E-state index contributed by atoms with van der Waals surface area (Å²) in [6.45, 7) is 4.45. The minimum absolute atomic E-state index is 0.143. The lowest BCUT2D eigenvalue weighted by molar-refractivity contribution is 0.601. The average molecular weight is 206 g/mol. The van der Waals surface area contributed by atoms with Crippen molar-refractivity contribution in [3.63, 3.8) is 0 Å². The second-order valence-electron chi connectivity index (χ2n) is 3.51. The Morgan fingerprint density at radius 1 is 1.47 bits per heavy atom. The van der Waals surface area contributed by atoms with Gasteiger partial charge < -0.3 is 5.32 Å². The Labute approximate surface area is 89.7 Å². The molecule has 1 N–H and O–H groups in total. The van der Waals surface area contributed by atoms with Crippen LogP contribution in [-0.4, -0.2) is 7.05 Å². The zero-order valence-corrected chi connectivity index (χ0v) is 9.32. The van der Waals surface area contributed by atoms with E-state index >= 15 is 0 Å². The molecule has 0 heterocycles. The Morgan fingerprint density at radius 2 is 2.13 bits per heavy atom. The largest absolute Gasteiger partial charge is 0.316 e. The van der Waals surface area contributed by atoms with Gasteiger partial charge >= 0.3 is 0 Å². The van der Waals surface area contributed by atoms with Crippen molar-refractivity contribution < 1.29 is 4.39 Å². The summed E-state index contributed by atoms with van der Waals surface area (Å²) in [6.07, 6.45) is 0.610. The van der Waals surface area contributed by atoms with Gasteiger partial charge in [0.2, 0.25) is 0 Å². The summed E-state index contributed by atoms with van der Waals surface area (Å²) in [5, 5.41) is 11.8. The number of nitriles is 1. The molecule has 0 atom stereocenters. The quantitative estimate of drug-likeness (QED) is 0.823. The van der Waals surface area contributed by atoms with E-state index in [-0.39, 0.29) is 11.4 Å². The lowest BCUT2D eigenvalue weighted by Crippen LogP contribution is -2.11. The van der Waals surface area contributed by atoms with Crippen LogP contribution in [0.5, 0.6) is 0 Å². The minimum atomic E-state index is -0.365. The third-order valence-corrected chi connectivity index (χ3v) is 2.53. The summed E-state index contributed by atoms with van der Waals surface area (Å²) in [6, 6.07) is 3.50. The van der Waals surface area contributed by atoms with Crippen LogP contribution in [0.15, 0.2) is 6.07 Å². The van der Waals surface area contributed by atoms with E-state index in [1.165, 1.54) is 0 Å². The lowest BCUT2D eigenvalue weighted by Gasteiger charge is -2.13. The average Bonchev–Trinajstić information content (AvgIpc) is 2.23. The fourth-order valence-corrected chi connectivity index (χ4v) is 1.77. The minimum Gasteiger partial charge on any atom is -0.316 e. The van der Waals surface area contributed by atoms with Crippen LogP contribution in [0, 0.1) is 24.1 Å². The molecular formula is C12H15FN2. The Bertz CT molecular complexity index is 405. The van der Waals surface area contributed by atoms with Crippen molar-refractivity contribution in [2.24, 2.45) is 0 Å². The molecule has 80 valence electrons. The van der Waals surface area contributed by atoms with E-state index in [4.69, 9.17) is 5.26 Å². The first-order valence-corrected chi connectivity index (χ1v) is 5.01. The van der Waals surface area contributed by atoms with Crippen LogP contribution >= 0.6 is 0 Å². The Balaban J connectivity index is 3.40. The standard InChI is InChI=1S/C12H15FN2/c1-4-10-11(7-15-3)8(2)5-9(6-14)12(10)13/h5,15H,4,7H2,1-3H3. The van der Waals surface area contributed by atoms with E-state index in [0.29, 0.717) is 18.5 Å². The third kappa shape index (κ3) is 2.16. The highest BCUT2D eigenvalue weighted by Gasteiger charge is 2.14. The maximum Gasteiger partial charge on any atom is 0.144 e. The molecule has 0 amide bonds. The van der Waals surface area contributed by atoms with E-state index in [1.54, 1.807) is 6.07 Å². The monoisotopic (exact) mass is 206 g/mol. The van der Waals surface area contributed by atoms with Gasteiger partial charge in [-0.1, -0.05) is 6.92 Å². The molecule has 1 rings (SSSR count). The first-order valence-electron chi connectivity index (χ1n) is 5.01. The van der Waals surface area contributed by atoms with Gasteiger partial charge in [-0.15, -0.1) is 0 Å². The smallest absolute Gasteiger partial charge is 0.144 e. The predicted octanol–water partition coefficient (Wildman–Crippen LogP) is 2.29. The lowest BCUT2D eigenvalue weighted by atomic mass is 9.96. The molecule has 0 fully saturated rings. The highest BCUT2D eigenvalue weighted by atomic mass is 19.1. The molecule has 0 unspecified atom stereocenters. The molecular weight excluding hydrogens is 191 g/mol. The van der Waals surface area contributed by atoms with Gasteiger partial charge in [-0.25, -0.2) is 4.39 Å². The van der Waals surface area contributed by atoms with Crippen LogP contribution in [0.4, 0.5) is 4.39 Å². The molecule has 15 heavy (non-hydrogen) atoms. The first-order chi connectivity index (χ1) is 7.15. The fraction of sp³-hybridized carbons (Fsp3) is 0.417. The highest BCUT2D eigenvalue weighted by Crippen LogP contribution is 2.22. The van der Waals surface area contributed by atoms with Gasteiger partial charge in [0.15, 0.2) is 0 Å². The van der Waals surface area contributed by atoms with Crippen LogP contribution in [0.1, 0.15) is 29.2 Å². The molecule has 2 nitrogen and oxygen atoms in total. The molecule has 0 saturated carbocycles. The van der Waals surface area contributed by atoms with Crippen LogP contribution in [0.3, 0.4) is 0 Å². The molecule has 0 aliphatic rings. The first kappa shape index (κ1) is 11.7. The summed E-state index contributed by atoms with van der Waals surface area (Å²) < 4.78 is 13.8. The van der Waals surface area contributed by atoms with Crippen molar-refractivity contribution in [2.45, 2.75) is 26.8 Å². The molecule has 0 aliphatic carbocycles. The van der Waals surface area contributed by atoms with Gasteiger partial charge in [-0.3, -0.25) is 0 Å². The van der Waals surface area contributed by atoms with Crippen molar-refractivity contribution in [1.29, 1.82) is 5.26 Å². The molecule has 0 saturated heterocycles. The number of halogens is 1. The Morgan fingerprint density at radius 3 is 2.60 bits per heavy atom. The van der Waals surface area contributed by atoms with Gasteiger partial charge in [0.1, 0.15) is 11.9 Å². The number of hydrogen-bond donors (Lipinski definition) is 1. The second kappa shape index (κ2) is 4.90. The van der Waals surface area contributed by atoms with Crippen LogP contribution in [0.2, 0.25) is 0 Å². The van der Waals surface area contributed by atoms with Crippen LogP contribution in [0.25, 0.3) is 0 Å². The van der Waals surface area contributed by atoms with Gasteiger partial charge in [-0.05, 0) is 43.1 Å². The highest BCUT2D eigenvalue weighted by molar-refractivity contribution is 5.45. The van der Waals surface area contributed by atoms with Crippen molar-refractivity contribution in [2.75, 3.05) is 7.05 Å².